The lowest BCUT2D eigenvalue weighted by Crippen LogP contribution is -2.41. The Labute approximate surface area is 146 Å². The van der Waals surface area contributed by atoms with Crippen LogP contribution in [0, 0.1) is 17.7 Å². The molecule has 1 saturated heterocycles. The third kappa shape index (κ3) is 5.24. The second kappa shape index (κ2) is 8.40. The number of benzene rings is 1. The summed E-state index contributed by atoms with van der Waals surface area (Å²) >= 11 is 0. The smallest absolute Gasteiger partial charge is 0.224 e. The van der Waals surface area contributed by atoms with E-state index in [-0.39, 0.29) is 29.5 Å². The van der Waals surface area contributed by atoms with Crippen LogP contribution in [0.25, 0.3) is 0 Å². The van der Waals surface area contributed by atoms with Gasteiger partial charge in [0, 0.05) is 32.7 Å². The van der Waals surface area contributed by atoms with Gasteiger partial charge in [0.05, 0.1) is 25.0 Å². The lowest BCUT2D eigenvalue weighted by molar-refractivity contribution is -0.127. The van der Waals surface area contributed by atoms with E-state index in [2.05, 4.69) is 15.5 Å². The van der Waals surface area contributed by atoms with Gasteiger partial charge in [0.2, 0.25) is 11.8 Å². The SMILES string of the molecule is O=C(NCCN1CCOCC1)C1CC1C(=O)NCc1ccc(F)cc1. The summed E-state index contributed by atoms with van der Waals surface area (Å²) in [5, 5.41) is 5.72. The van der Waals surface area contributed by atoms with Gasteiger partial charge in [-0.15, -0.1) is 0 Å². The molecule has 0 radical (unpaired) electrons. The Kier molecular flexibility index (Phi) is 5.99. The molecule has 0 bridgehead atoms. The molecule has 1 aliphatic heterocycles. The number of nitrogens with one attached hydrogen (secondary N) is 2. The third-order valence-corrected chi connectivity index (χ3v) is 4.67. The van der Waals surface area contributed by atoms with Crippen molar-refractivity contribution in [3.63, 3.8) is 0 Å². The molecule has 6 nitrogen and oxygen atoms in total. The first kappa shape index (κ1) is 17.8. The number of morpholine rings is 1. The lowest BCUT2D eigenvalue weighted by atomic mass is 10.2. The Morgan fingerprint density at radius 3 is 2.40 bits per heavy atom. The molecule has 2 amide bonds. The largest absolute Gasteiger partial charge is 0.379 e. The quantitative estimate of drug-likeness (QED) is 0.753. The Bertz CT molecular complexity index is 602. The fraction of sp³-hybridized carbons (Fsp3) is 0.556. The zero-order valence-electron chi connectivity index (χ0n) is 14.2. The van der Waals surface area contributed by atoms with Crippen LogP contribution in [0.5, 0.6) is 0 Å². The highest BCUT2D eigenvalue weighted by Crippen LogP contribution is 2.38. The molecule has 7 heteroatoms. The summed E-state index contributed by atoms with van der Waals surface area (Å²) in [6.07, 6.45) is 0.596. The molecule has 25 heavy (non-hydrogen) atoms. The maximum Gasteiger partial charge on any atom is 0.224 e. The van der Waals surface area contributed by atoms with Gasteiger partial charge in [-0.2, -0.15) is 0 Å². The van der Waals surface area contributed by atoms with E-state index in [1.54, 1.807) is 12.1 Å². The van der Waals surface area contributed by atoms with E-state index in [1.165, 1.54) is 12.1 Å². The minimum Gasteiger partial charge on any atom is -0.379 e. The van der Waals surface area contributed by atoms with Crippen LogP contribution in [-0.2, 0) is 20.9 Å². The van der Waals surface area contributed by atoms with E-state index in [0.29, 0.717) is 19.5 Å². The fourth-order valence-electron chi connectivity index (χ4n) is 2.99. The zero-order chi connectivity index (χ0) is 17.6. The molecule has 1 heterocycles. The molecule has 1 saturated carbocycles. The molecule has 2 aliphatic rings. The Balaban J connectivity index is 1.32. The number of amides is 2. The second-order valence-corrected chi connectivity index (χ2v) is 6.54. The maximum atomic E-state index is 12.8. The third-order valence-electron chi connectivity index (χ3n) is 4.67. The van der Waals surface area contributed by atoms with Crippen LogP contribution in [0.15, 0.2) is 24.3 Å². The molecule has 2 fully saturated rings. The molecule has 2 atom stereocenters. The predicted octanol–water partition coefficient (Wildman–Crippen LogP) is 0.526. The summed E-state index contributed by atoms with van der Waals surface area (Å²) in [6.45, 7) is 5.03. The van der Waals surface area contributed by atoms with Crippen LogP contribution in [-0.4, -0.2) is 56.1 Å². The van der Waals surface area contributed by atoms with Gasteiger partial charge in [-0.05, 0) is 24.1 Å². The standard InChI is InChI=1S/C18H24FN3O3/c19-14-3-1-13(2-4-14)12-21-18(24)16-11-15(16)17(23)20-5-6-22-7-9-25-10-8-22/h1-4,15-16H,5-12H2,(H,20,23)(H,21,24). The highest BCUT2D eigenvalue weighted by Gasteiger charge is 2.47. The van der Waals surface area contributed by atoms with E-state index in [9.17, 15) is 14.0 Å². The highest BCUT2D eigenvalue weighted by atomic mass is 19.1. The number of hydrogen-bond donors (Lipinski definition) is 2. The van der Waals surface area contributed by atoms with Crippen LogP contribution < -0.4 is 10.6 Å². The number of ether oxygens (including phenoxy) is 1. The van der Waals surface area contributed by atoms with Crippen LogP contribution in [0.4, 0.5) is 4.39 Å². The van der Waals surface area contributed by atoms with Gasteiger partial charge in [0.1, 0.15) is 5.82 Å². The van der Waals surface area contributed by atoms with Crippen molar-refractivity contribution >= 4 is 11.8 Å². The normalized spacial score (nSPS) is 23.1. The minimum atomic E-state index is -0.300. The van der Waals surface area contributed by atoms with Gasteiger partial charge >= 0.3 is 0 Å². The van der Waals surface area contributed by atoms with Crippen molar-refractivity contribution in [3.8, 4) is 0 Å². The number of nitrogens with zero attached hydrogens (tertiary/aromatic N) is 1. The molecule has 2 unspecified atom stereocenters. The first-order valence-corrected chi connectivity index (χ1v) is 8.73. The highest BCUT2D eigenvalue weighted by molar-refractivity contribution is 5.92. The maximum absolute atomic E-state index is 12.8. The Morgan fingerprint density at radius 2 is 1.72 bits per heavy atom. The molecule has 1 aromatic rings. The van der Waals surface area contributed by atoms with Gasteiger partial charge in [-0.1, -0.05) is 12.1 Å². The number of halogens is 1. The summed E-state index contributed by atoms with van der Waals surface area (Å²) < 4.78 is 18.1. The van der Waals surface area contributed by atoms with Gasteiger partial charge < -0.3 is 15.4 Å². The van der Waals surface area contributed by atoms with Crippen molar-refractivity contribution in [2.24, 2.45) is 11.8 Å². The van der Waals surface area contributed by atoms with Gasteiger partial charge in [0.15, 0.2) is 0 Å². The zero-order valence-corrected chi connectivity index (χ0v) is 14.2. The average molecular weight is 349 g/mol. The summed E-state index contributed by atoms with van der Waals surface area (Å²) in [7, 11) is 0. The van der Waals surface area contributed by atoms with Crippen molar-refractivity contribution in [1.29, 1.82) is 0 Å². The van der Waals surface area contributed by atoms with Crippen LogP contribution in [0.2, 0.25) is 0 Å². The molecule has 2 N–H and O–H groups in total. The fourth-order valence-corrected chi connectivity index (χ4v) is 2.99. The summed E-state index contributed by atoms with van der Waals surface area (Å²) in [5.74, 6) is -0.930. The predicted molar refractivity (Wildman–Crippen MR) is 90.1 cm³/mol. The van der Waals surface area contributed by atoms with Crippen molar-refractivity contribution in [3.05, 3.63) is 35.6 Å². The van der Waals surface area contributed by atoms with Crippen LogP contribution in [0.3, 0.4) is 0 Å². The number of hydrogen-bond acceptors (Lipinski definition) is 4. The van der Waals surface area contributed by atoms with E-state index in [0.717, 1.165) is 38.4 Å². The number of carbonyl (C=O) groups is 2. The van der Waals surface area contributed by atoms with Crippen LogP contribution in [0.1, 0.15) is 12.0 Å². The lowest BCUT2D eigenvalue weighted by Gasteiger charge is -2.26. The summed E-state index contributed by atoms with van der Waals surface area (Å²) in [6, 6.07) is 6.00. The van der Waals surface area contributed by atoms with Gasteiger partial charge in [-0.3, -0.25) is 14.5 Å². The van der Waals surface area contributed by atoms with E-state index >= 15 is 0 Å². The summed E-state index contributed by atoms with van der Waals surface area (Å²) in [4.78, 5) is 26.4. The monoisotopic (exact) mass is 349 g/mol. The molecular formula is C18H24FN3O3. The molecule has 136 valence electrons. The molecule has 3 rings (SSSR count). The molecule has 0 spiro atoms. The molecular weight excluding hydrogens is 325 g/mol. The topological polar surface area (TPSA) is 70.7 Å². The van der Waals surface area contributed by atoms with E-state index < -0.39 is 0 Å². The van der Waals surface area contributed by atoms with Crippen molar-refractivity contribution in [2.75, 3.05) is 39.4 Å². The van der Waals surface area contributed by atoms with Gasteiger partial charge in [0.25, 0.3) is 0 Å². The van der Waals surface area contributed by atoms with Gasteiger partial charge in [-0.25, -0.2) is 4.39 Å². The van der Waals surface area contributed by atoms with Crippen molar-refractivity contribution in [2.45, 2.75) is 13.0 Å². The molecule has 0 aromatic heterocycles. The Hall–Kier alpha value is -1.99. The number of rotatable bonds is 7. The van der Waals surface area contributed by atoms with E-state index in [4.69, 9.17) is 4.74 Å². The average Bonchev–Trinajstić information content (AvgIpc) is 3.43. The molecule has 1 aromatic carbocycles. The first-order valence-electron chi connectivity index (χ1n) is 8.73. The Morgan fingerprint density at radius 1 is 1.08 bits per heavy atom. The van der Waals surface area contributed by atoms with E-state index in [1.807, 2.05) is 0 Å². The second-order valence-electron chi connectivity index (χ2n) is 6.54. The van der Waals surface area contributed by atoms with Crippen molar-refractivity contribution < 1.29 is 18.7 Å². The molecule has 1 aliphatic carbocycles. The van der Waals surface area contributed by atoms with Crippen LogP contribution >= 0.6 is 0 Å². The first-order chi connectivity index (χ1) is 12.1. The number of carbonyl (C=O) groups excluding carboxylic acids is 2. The minimum absolute atomic E-state index is 0.0461. The van der Waals surface area contributed by atoms with Crippen molar-refractivity contribution in [1.82, 2.24) is 15.5 Å². The summed E-state index contributed by atoms with van der Waals surface area (Å²) in [5.41, 5.74) is 0.835.